The van der Waals surface area contributed by atoms with Crippen molar-refractivity contribution in [1.29, 1.82) is 5.26 Å². The average Bonchev–Trinajstić information content (AvgIpc) is 3.35. The van der Waals surface area contributed by atoms with Gasteiger partial charge in [-0.3, -0.25) is 10.1 Å². The van der Waals surface area contributed by atoms with E-state index in [1.165, 1.54) is 61.7 Å². The summed E-state index contributed by atoms with van der Waals surface area (Å²) in [7, 11) is -2.74. The molecule has 1 heterocycles. The van der Waals surface area contributed by atoms with Gasteiger partial charge in [0.05, 0.1) is 7.11 Å². The number of amides is 1. The van der Waals surface area contributed by atoms with E-state index in [1.54, 1.807) is 24.3 Å². The molecule has 0 saturated heterocycles. The summed E-state index contributed by atoms with van der Waals surface area (Å²) in [5, 5.41) is 20.8. The molecule has 1 amide bonds. The van der Waals surface area contributed by atoms with Crippen molar-refractivity contribution in [1.82, 2.24) is 10.2 Å². The molecule has 3 aromatic carbocycles. The van der Waals surface area contributed by atoms with Gasteiger partial charge in [0.15, 0.2) is 0 Å². The third kappa shape index (κ3) is 6.58. The van der Waals surface area contributed by atoms with Crippen LogP contribution in [0.3, 0.4) is 0 Å². The van der Waals surface area contributed by atoms with Gasteiger partial charge in [-0.05, 0) is 54.1 Å². The van der Waals surface area contributed by atoms with Crippen LogP contribution in [0.15, 0.2) is 83.3 Å². The predicted octanol–water partition coefficient (Wildman–Crippen LogP) is 4.59. The highest BCUT2D eigenvalue weighted by atomic mass is 32.2. The summed E-state index contributed by atoms with van der Waals surface area (Å²) in [5.41, 5.74) is 0.711. The zero-order valence-electron chi connectivity index (χ0n) is 19.8. The molecule has 4 rings (SSSR count). The number of ether oxygens (including phenoxy) is 1. The Bertz CT molecular complexity index is 1630. The Morgan fingerprint density at radius 1 is 1.08 bits per heavy atom. The number of rotatable bonds is 9. The van der Waals surface area contributed by atoms with Crippen LogP contribution in [0.2, 0.25) is 0 Å². The Hall–Kier alpha value is -4.60. The number of para-hydroxylation sites is 1. The van der Waals surface area contributed by atoms with Gasteiger partial charge in [0.1, 0.15) is 38.9 Å². The SMILES string of the molecule is COc1ccc(S(=O)(=O)Oc2ccccc2/C=C(\C#N)C(=O)Nc2nnc(Cc3ccc(F)cc3)s2)cc1. The Labute approximate surface area is 221 Å². The molecule has 1 aromatic heterocycles. The molecule has 4 aromatic rings. The topological polar surface area (TPSA) is 131 Å². The number of nitrogens with one attached hydrogen (secondary N) is 1. The maximum absolute atomic E-state index is 13.1. The van der Waals surface area contributed by atoms with Crippen LogP contribution in [0.5, 0.6) is 11.5 Å². The Morgan fingerprint density at radius 2 is 1.79 bits per heavy atom. The lowest BCUT2D eigenvalue weighted by molar-refractivity contribution is -0.112. The molecule has 0 unspecified atom stereocenters. The maximum atomic E-state index is 13.1. The van der Waals surface area contributed by atoms with Crippen LogP contribution in [0.1, 0.15) is 16.1 Å². The first kappa shape index (κ1) is 26.5. The van der Waals surface area contributed by atoms with E-state index in [9.17, 15) is 22.9 Å². The number of carbonyl (C=O) groups is 1. The van der Waals surface area contributed by atoms with Gasteiger partial charge >= 0.3 is 10.1 Å². The molecule has 1 N–H and O–H groups in total. The molecule has 0 aliphatic rings. The van der Waals surface area contributed by atoms with Crippen molar-refractivity contribution >= 4 is 38.6 Å². The molecular weight excluding hydrogens is 531 g/mol. The average molecular weight is 551 g/mol. The summed E-state index contributed by atoms with van der Waals surface area (Å²) in [6.07, 6.45) is 1.61. The van der Waals surface area contributed by atoms with Gasteiger partial charge in [-0.15, -0.1) is 10.2 Å². The van der Waals surface area contributed by atoms with Gasteiger partial charge in [-0.1, -0.05) is 41.7 Å². The molecule has 0 bridgehead atoms. The van der Waals surface area contributed by atoms with Gasteiger partial charge < -0.3 is 8.92 Å². The van der Waals surface area contributed by atoms with Crippen molar-refractivity contribution in [3.8, 4) is 17.6 Å². The highest BCUT2D eigenvalue weighted by Gasteiger charge is 2.19. The van der Waals surface area contributed by atoms with E-state index < -0.39 is 16.0 Å². The fourth-order valence-electron chi connectivity index (χ4n) is 3.21. The number of methoxy groups -OCH3 is 1. The molecule has 0 aliphatic carbocycles. The summed E-state index contributed by atoms with van der Waals surface area (Å²) in [6, 6.07) is 19.5. The lowest BCUT2D eigenvalue weighted by atomic mass is 10.1. The largest absolute Gasteiger partial charge is 0.497 e. The molecular formula is C26H19FN4O5S2. The van der Waals surface area contributed by atoms with Crippen molar-refractivity contribution in [3.05, 3.63) is 100 Å². The lowest BCUT2D eigenvalue weighted by Crippen LogP contribution is -2.13. The normalized spacial score (nSPS) is 11.4. The summed E-state index contributed by atoms with van der Waals surface area (Å²) < 4.78 is 49.0. The quantitative estimate of drug-likeness (QED) is 0.182. The number of nitriles is 1. The molecule has 0 radical (unpaired) electrons. The molecule has 38 heavy (non-hydrogen) atoms. The first-order chi connectivity index (χ1) is 18.3. The van der Waals surface area contributed by atoms with Crippen molar-refractivity contribution in [2.45, 2.75) is 11.3 Å². The third-order valence-electron chi connectivity index (χ3n) is 5.09. The summed E-state index contributed by atoms with van der Waals surface area (Å²) >= 11 is 1.11. The van der Waals surface area contributed by atoms with E-state index in [2.05, 4.69) is 15.5 Å². The van der Waals surface area contributed by atoms with Crippen LogP contribution in [-0.4, -0.2) is 31.6 Å². The molecule has 0 spiro atoms. The number of carbonyl (C=O) groups excluding carboxylic acids is 1. The predicted molar refractivity (Wildman–Crippen MR) is 139 cm³/mol. The molecule has 0 aliphatic heterocycles. The fraction of sp³-hybridized carbons (Fsp3) is 0.0769. The molecule has 192 valence electrons. The van der Waals surface area contributed by atoms with E-state index in [-0.39, 0.29) is 32.7 Å². The van der Waals surface area contributed by atoms with Gasteiger partial charge in [0.25, 0.3) is 5.91 Å². The summed E-state index contributed by atoms with van der Waals surface area (Å²) in [6.45, 7) is 0. The van der Waals surface area contributed by atoms with Crippen molar-refractivity contribution in [2.24, 2.45) is 0 Å². The molecule has 0 atom stereocenters. The monoisotopic (exact) mass is 550 g/mol. The minimum Gasteiger partial charge on any atom is -0.497 e. The zero-order chi connectivity index (χ0) is 27.1. The first-order valence-corrected chi connectivity index (χ1v) is 13.2. The van der Waals surface area contributed by atoms with E-state index >= 15 is 0 Å². The maximum Gasteiger partial charge on any atom is 0.339 e. The van der Waals surface area contributed by atoms with E-state index in [0.29, 0.717) is 17.2 Å². The van der Waals surface area contributed by atoms with Crippen LogP contribution >= 0.6 is 11.3 Å². The smallest absolute Gasteiger partial charge is 0.339 e. The number of halogens is 1. The third-order valence-corrected chi connectivity index (χ3v) is 7.17. The van der Waals surface area contributed by atoms with Gasteiger partial charge in [0, 0.05) is 12.0 Å². The molecule has 0 fully saturated rings. The minimum atomic E-state index is -4.20. The van der Waals surface area contributed by atoms with Crippen molar-refractivity contribution < 1.29 is 26.5 Å². The molecule has 12 heteroatoms. The minimum absolute atomic E-state index is 0.0682. The van der Waals surface area contributed by atoms with Crippen LogP contribution in [0.4, 0.5) is 9.52 Å². The second-order valence-electron chi connectivity index (χ2n) is 7.68. The fourth-order valence-corrected chi connectivity index (χ4v) is 4.93. The number of nitrogens with zero attached hydrogens (tertiary/aromatic N) is 3. The molecule has 9 nitrogen and oxygen atoms in total. The number of hydrogen-bond acceptors (Lipinski definition) is 9. The number of hydrogen-bond donors (Lipinski definition) is 1. The Kier molecular flexibility index (Phi) is 8.10. The van der Waals surface area contributed by atoms with Crippen LogP contribution < -0.4 is 14.2 Å². The highest BCUT2D eigenvalue weighted by Crippen LogP contribution is 2.26. The van der Waals surface area contributed by atoms with Crippen LogP contribution in [0.25, 0.3) is 6.08 Å². The van der Waals surface area contributed by atoms with Crippen LogP contribution in [-0.2, 0) is 21.3 Å². The van der Waals surface area contributed by atoms with Gasteiger partial charge in [0.2, 0.25) is 5.13 Å². The van der Waals surface area contributed by atoms with Crippen LogP contribution in [0, 0.1) is 17.1 Å². The van der Waals surface area contributed by atoms with Crippen molar-refractivity contribution in [2.75, 3.05) is 12.4 Å². The van der Waals surface area contributed by atoms with Crippen molar-refractivity contribution in [3.63, 3.8) is 0 Å². The summed E-state index contributed by atoms with van der Waals surface area (Å²) in [4.78, 5) is 12.7. The van der Waals surface area contributed by atoms with E-state index in [4.69, 9.17) is 8.92 Å². The van der Waals surface area contributed by atoms with E-state index in [0.717, 1.165) is 16.9 Å². The number of aromatic nitrogens is 2. The second-order valence-corrected chi connectivity index (χ2v) is 10.3. The molecule has 0 saturated carbocycles. The first-order valence-electron chi connectivity index (χ1n) is 10.9. The standard InChI is InChI=1S/C26H19FN4O5S2/c1-35-21-10-12-22(13-11-21)38(33,34)36-23-5-3-2-4-18(23)15-19(16-28)25(32)29-26-31-30-24(37-26)14-17-6-8-20(27)9-7-17/h2-13,15H,14H2,1H3,(H,29,31,32)/b19-15+. The number of anilines is 1. The Morgan fingerprint density at radius 3 is 2.47 bits per heavy atom. The highest BCUT2D eigenvalue weighted by molar-refractivity contribution is 7.87. The lowest BCUT2D eigenvalue weighted by Gasteiger charge is -2.10. The summed E-state index contributed by atoms with van der Waals surface area (Å²) in [5.74, 6) is -0.693. The van der Waals surface area contributed by atoms with Gasteiger partial charge in [-0.2, -0.15) is 13.7 Å². The number of benzene rings is 3. The van der Waals surface area contributed by atoms with E-state index in [1.807, 2.05) is 6.07 Å². The Balaban J connectivity index is 1.50. The van der Waals surface area contributed by atoms with Gasteiger partial charge in [-0.25, -0.2) is 4.39 Å². The zero-order valence-corrected chi connectivity index (χ0v) is 21.4. The second kappa shape index (κ2) is 11.6.